The molecular weight excluding hydrogens is 340 g/mol. The summed E-state index contributed by atoms with van der Waals surface area (Å²) in [6.07, 6.45) is 3.19. The van der Waals surface area contributed by atoms with Crippen molar-refractivity contribution in [2.45, 2.75) is 32.5 Å². The molecule has 0 unspecified atom stereocenters. The molecule has 142 valence electrons. The predicted molar refractivity (Wildman–Crippen MR) is 106 cm³/mol. The number of hydrogen-bond acceptors (Lipinski definition) is 5. The van der Waals surface area contributed by atoms with Gasteiger partial charge in [-0.15, -0.1) is 0 Å². The summed E-state index contributed by atoms with van der Waals surface area (Å²) in [5.74, 6) is 2.95. The largest absolute Gasteiger partial charge is 0.493 e. The SMILES string of the molecule is COc1ccc(C2=C[C@@H]3c4ccccc4O[C@@H](CC(C)C)N3N2)cc1OC. The van der Waals surface area contributed by atoms with E-state index in [9.17, 15) is 0 Å². The lowest BCUT2D eigenvalue weighted by molar-refractivity contribution is -0.0418. The molecule has 2 atom stereocenters. The molecule has 0 saturated heterocycles. The molecule has 0 fully saturated rings. The Bertz CT molecular complexity index is 862. The van der Waals surface area contributed by atoms with Crippen LogP contribution in [0, 0.1) is 5.92 Å². The number of ether oxygens (including phenoxy) is 3. The lowest BCUT2D eigenvalue weighted by Gasteiger charge is -2.39. The molecule has 5 heteroatoms. The number of nitrogens with one attached hydrogen (secondary N) is 1. The van der Waals surface area contributed by atoms with Crippen molar-refractivity contribution in [1.82, 2.24) is 10.4 Å². The second kappa shape index (κ2) is 7.16. The van der Waals surface area contributed by atoms with E-state index in [1.807, 2.05) is 24.3 Å². The molecule has 0 saturated carbocycles. The monoisotopic (exact) mass is 366 g/mol. The van der Waals surface area contributed by atoms with Gasteiger partial charge in [0.25, 0.3) is 0 Å². The molecule has 2 aliphatic heterocycles. The first kappa shape index (κ1) is 17.7. The van der Waals surface area contributed by atoms with Crippen molar-refractivity contribution >= 4 is 5.70 Å². The number of hydrazine groups is 1. The van der Waals surface area contributed by atoms with E-state index >= 15 is 0 Å². The van der Waals surface area contributed by atoms with Crippen LogP contribution in [-0.4, -0.2) is 25.5 Å². The van der Waals surface area contributed by atoms with Crippen LogP contribution in [0.1, 0.15) is 37.4 Å². The zero-order valence-electron chi connectivity index (χ0n) is 16.2. The molecule has 1 N–H and O–H groups in total. The highest BCUT2D eigenvalue weighted by Gasteiger charge is 2.39. The number of nitrogens with zero attached hydrogens (tertiary/aromatic N) is 1. The van der Waals surface area contributed by atoms with Gasteiger partial charge < -0.3 is 19.6 Å². The maximum Gasteiger partial charge on any atom is 0.170 e. The Morgan fingerprint density at radius 2 is 1.85 bits per heavy atom. The standard InChI is InChI=1S/C22H26N2O3/c1-14(2)11-22-24-18(16-7-5-6-8-19(16)27-22)13-17(23-24)15-9-10-20(25-3)21(12-15)26-4/h5-10,12-14,18,22-23H,11H2,1-4H3/t18-,22+/m1/s1. The molecule has 0 bridgehead atoms. The fourth-order valence-electron chi connectivity index (χ4n) is 3.74. The fraction of sp³-hybridized carbons (Fsp3) is 0.364. The Morgan fingerprint density at radius 1 is 1.07 bits per heavy atom. The zero-order chi connectivity index (χ0) is 19.0. The van der Waals surface area contributed by atoms with Gasteiger partial charge >= 0.3 is 0 Å². The maximum atomic E-state index is 6.31. The number of para-hydroxylation sites is 1. The van der Waals surface area contributed by atoms with Crippen molar-refractivity contribution in [3.8, 4) is 17.2 Å². The molecule has 0 radical (unpaired) electrons. The van der Waals surface area contributed by atoms with Crippen LogP contribution < -0.4 is 19.6 Å². The third kappa shape index (κ3) is 3.23. The van der Waals surface area contributed by atoms with Crippen LogP contribution in [0.25, 0.3) is 5.70 Å². The van der Waals surface area contributed by atoms with Crippen molar-refractivity contribution < 1.29 is 14.2 Å². The van der Waals surface area contributed by atoms with E-state index in [-0.39, 0.29) is 12.3 Å². The number of benzene rings is 2. The van der Waals surface area contributed by atoms with Gasteiger partial charge in [-0.2, -0.15) is 5.01 Å². The molecule has 5 nitrogen and oxygen atoms in total. The van der Waals surface area contributed by atoms with E-state index in [1.165, 1.54) is 5.56 Å². The van der Waals surface area contributed by atoms with Crippen LogP contribution >= 0.6 is 0 Å². The summed E-state index contributed by atoms with van der Waals surface area (Å²) in [6, 6.07) is 14.4. The summed E-state index contributed by atoms with van der Waals surface area (Å²) in [5.41, 5.74) is 6.86. The molecular formula is C22H26N2O3. The molecule has 2 aliphatic rings. The molecule has 2 aromatic carbocycles. The summed E-state index contributed by atoms with van der Waals surface area (Å²) in [6.45, 7) is 4.44. The zero-order valence-corrected chi connectivity index (χ0v) is 16.2. The van der Waals surface area contributed by atoms with E-state index in [0.717, 1.165) is 34.9 Å². The second-order valence-corrected chi connectivity index (χ2v) is 7.35. The van der Waals surface area contributed by atoms with Gasteiger partial charge in [0.15, 0.2) is 17.7 Å². The third-order valence-corrected chi connectivity index (χ3v) is 5.05. The molecule has 0 aliphatic carbocycles. The van der Waals surface area contributed by atoms with Crippen LogP contribution in [0.4, 0.5) is 0 Å². The minimum atomic E-state index is -0.0150. The highest BCUT2D eigenvalue weighted by Crippen LogP contribution is 2.43. The Morgan fingerprint density at radius 3 is 2.59 bits per heavy atom. The fourth-order valence-corrected chi connectivity index (χ4v) is 3.74. The Labute approximate surface area is 160 Å². The Kier molecular flexibility index (Phi) is 4.70. The normalized spacial score (nSPS) is 21.0. The smallest absolute Gasteiger partial charge is 0.170 e. The van der Waals surface area contributed by atoms with Crippen LogP contribution in [0.5, 0.6) is 17.2 Å². The first-order chi connectivity index (χ1) is 13.1. The van der Waals surface area contributed by atoms with Gasteiger partial charge in [0.05, 0.1) is 26.0 Å². The van der Waals surface area contributed by atoms with E-state index in [0.29, 0.717) is 5.92 Å². The Balaban J connectivity index is 1.71. The number of methoxy groups -OCH3 is 2. The summed E-state index contributed by atoms with van der Waals surface area (Å²) in [5, 5.41) is 2.22. The quantitative estimate of drug-likeness (QED) is 0.851. The molecule has 0 spiro atoms. The number of hydrogen-bond donors (Lipinski definition) is 1. The first-order valence-electron chi connectivity index (χ1n) is 9.35. The van der Waals surface area contributed by atoms with Gasteiger partial charge in [-0.1, -0.05) is 32.0 Å². The van der Waals surface area contributed by atoms with Crippen molar-refractivity contribution in [3.63, 3.8) is 0 Å². The molecule has 4 rings (SSSR count). The van der Waals surface area contributed by atoms with Crippen molar-refractivity contribution in [2.75, 3.05) is 14.2 Å². The average molecular weight is 366 g/mol. The first-order valence-corrected chi connectivity index (χ1v) is 9.35. The van der Waals surface area contributed by atoms with E-state index in [4.69, 9.17) is 14.2 Å². The van der Waals surface area contributed by atoms with Gasteiger partial charge in [0.2, 0.25) is 0 Å². The summed E-state index contributed by atoms with van der Waals surface area (Å²) in [4.78, 5) is 0. The number of fused-ring (bicyclic) bond motifs is 3. The average Bonchev–Trinajstić information content (AvgIpc) is 3.13. The maximum absolute atomic E-state index is 6.31. The van der Waals surface area contributed by atoms with Gasteiger partial charge in [-0.3, -0.25) is 0 Å². The Hall–Kier alpha value is -2.66. The topological polar surface area (TPSA) is 43.0 Å². The highest BCUT2D eigenvalue weighted by molar-refractivity contribution is 5.69. The van der Waals surface area contributed by atoms with Gasteiger partial charge in [0, 0.05) is 17.5 Å². The minimum Gasteiger partial charge on any atom is -0.493 e. The second-order valence-electron chi connectivity index (χ2n) is 7.35. The lowest BCUT2D eigenvalue weighted by atomic mass is 10.00. The van der Waals surface area contributed by atoms with E-state index < -0.39 is 0 Å². The molecule has 2 heterocycles. The van der Waals surface area contributed by atoms with E-state index in [1.54, 1.807) is 14.2 Å². The molecule has 0 aromatic heterocycles. The lowest BCUT2D eigenvalue weighted by Crippen LogP contribution is -2.49. The van der Waals surface area contributed by atoms with Crippen molar-refractivity contribution in [1.29, 1.82) is 0 Å². The molecule has 2 aromatic rings. The summed E-state index contributed by atoms with van der Waals surface area (Å²) in [7, 11) is 3.31. The van der Waals surface area contributed by atoms with Gasteiger partial charge in [-0.25, -0.2) is 0 Å². The van der Waals surface area contributed by atoms with Gasteiger partial charge in [-0.05, 0) is 36.3 Å². The third-order valence-electron chi connectivity index (χ3n) is 5.05. The molecule has 0 amide bonds. The summed E-state index contributed by atoms with van der Waals surface area (Å²) >= 11 is 0. The number of rotatable bonds is 5. The van der Waals surface area contributed by atoms with Crippen LogP contribution in [0.15, 0.2) is 48.5 Å². The van der Waals surface area contributed by atoms with Gasteiger partial charge in [0.1, 0.15) is 5.75 Å². The predicted octanol–water partition coefficient (Wildman–Crippen LogP) is 4.37. The van der Waals surface area contributed by atoms with Crippen LogP contribution in [0.3, 0.4) is 0 Å². The summed E-state index contributed by atoms with van der Waals surface area (Å²) < 4.78 is 17.1. The molecule has 27 heavy (non-hydrogen) atoms. The highest BCUT2D eigenvalue weighted by atomic mass is 16.5. The van der Waals surface area contributed by atoms with Crippen molar-refractivity contribution in [3.05, 3.63) is 59.7 Å². The van der Waals surface area contributed by atoms with E-state index in [2.05, 4.69) is 48.6 Å². The van der Waals surface area contributed by atoms with Crippen LogP contribution in [0.2, 0.25) is 0 Å². The minimum absolute atomic E-state index is 0.0150. The van der Waals surface area contributed by atoms with Crippen molar-refractivity contribution in [2.24, 2.45) is 5.92 Å². The van der Waals surface area contributed by atoms with Crippen LogP contribution in [-0.2, 0) is 0 Å².